The van der Waals surface area contributed by atoms with E-state index in [9.17, 15) is 13.2 Å². The summed E-state index contributed by atoms with van der Waals surface area (Å²) < 4.78 is 38.5. The van der Waals surface area contributed by atoms with Crippen LogP contribution in [0.15, 0.2) is 15.6 Å². The smallest absolute Gasteiger partial charge is 0.184 e. The Kier molecular flexibility index (Phi) is 4.25. The molecule has 0 atom stereocenters. The number of halogens is 4. The van der Waals surface area contributed by atoms with Gasteiger partial charge in [0, 0.05) is 5.56 Å². The second-order valence-corrected chi connectivity index (χ2v) is 3.86. The molecule has 3 nitrogen and oxygen atoms in total. The van der Waals surface area contributed by atoms with E-state index in [1.807, 2.05) is 0 Å². The summed E-state index contributed by atoms with van der Waals surface area (Å²) in [6.07, 6.45) is 0.932. The summed E-state index contributed by atoms with van der Waals surface area (Å²) in [5.41, 5.74) is 6.96. The molecule has 0 amide bonds. The van der Waals surface area contributed by atoms with Gasteiger partial charge in [-0.15, -0.1) is 0 Å². The van der Waals surface area contributed by atoms with Gasteiger partial charge in [-0.2, -0.15) is 5.10 Å². The van der Waals surface area contributed by atoms with Gasteiger partial charge < -0.3 is 5.73 Å². The molecule has 0 saturated carbocycles. The number of hydrogen-bond donors (Lipinski definition) is 2. The van der Waals surface area contributed by atoms with Gasteiger partial charge in [0.1, 0.15) is 5.82 Å². The number of nitrogens with one attached hydrogen (secondary N) is 1. The van der Waals surface area contributed by atoms with Crippen molar-refractivity contribution in [2.75, 3.05) is 0 Å². The predicted octanol–water partition coefficient (Wildman–Crippen LogP) is 2.03. The fraction of sp³-hybridized carbons (Fsp3) is 0. The molecule has 1 aromatic carbocycles. The zero-order valence-electron chi connectivity index (χ0n) is 7.60. The van der Waals surface area contributed by atoms with Crippen molar-refractivity contribution >= 4 is 39.5 Å². The lowest BCUT2D eigenvalue weighted by Gasteiger charge is -2.02. The number of hydrazone groups is 1. The van der Waals surface area contributed by atoms with Crippen LogP contribution in [0.5, 0.6) is 0 Å². The van der Waals surface area contributed by atoms with E-state index in [-0.39, 0.29) is 10.7 Å². The van der Waals surface area contributed by atoms with E-state index in [1.54, 1.807) is 0 Å². The van der Waals surface area contributed by atoms with Crippen molar-refractivity contribution in [2.24, 2.45) is 10.8 Å². The quantitative estimate of drug-likeness (QED) is 0.289. The Balaban J connectivity index is 3.06. The monoisotopic (exact) mass is 311 g/mol. The van der Waals surface area contributed by atoms with Crippen LogP contribution in [0.4, 0.5) is 13.2 Å². The van der Waals surface area contributed by atoms with Crippen molar-refractivity contribution in [2.45, 2.75) is 0 Å². The molecule has 0 aromatic heterocycles. The van der Waals surface area contributed by atoms with Gasteiger partial charge in [-0.1, -0.05) is 0 Å². The van der Waals surface area contributed by atoms with Crippen LogP contribution in [-0.4, -0.2) is 11.3 Å². The van der Waals surface area contributed by atoms with Crippen LogP contribution in [0.25, 0.3) is 0 Å². The fourth-order valence-corrected chi connectivity index (χ4v) is 1.32. The second-order valence-electron chi connectivity index (χ2n) is 2.62. The van der Waals surface area contributed by atoms with Crippen molar-refractivity contribution < 1.29 is 13.2 Å². The van der Waals surface area contributed by atoms with E-state index >= 15 is 0 Å². The van der Waals surface area contributed by atoms with Gasteiger partial charge >= 0.3 is 0 Å². The average Bonchev–Trinajstić information content (AvgIpc) is 2.22. The van der Waals surface area contributed by atoms with Crippen molar-refractivity contribution in [3.63, 3.8) is 0 Å². The lowest BCUT2D eigenvalue weighted by Crippen LogP contribution is -2.24. The topological polar surface area (TPSA) is 50.4 Å². The first-order valence-electron chi connectivity index (χ1n) is 3.85. The largest absolute Gasteiger partial charge is 0.375 e. The number of nitrogens with two attached hydrogens (primary N) is 1. The van der Waals surface area contributed by atoms with Crippen LogP contribution in [0.1, 0.15) is 5.56 Å². The second kappa shape index (κ2) is 5.26. The molecule has 8 heteroatoms. The minimum absolute atomic E-state index is 0.127. The van der Waals surface area contributed by atoms with Crippen molar-refractivity contribution in [3.05, 3.63) is 33.6 Å². The molecule has 0 fully saturated rings. The molecule has 0 bridgehead atoms. The van der Waals surface area contributed by atoms with Gasteiger partial charge in [-0.25, -0.2) is 13.2 Å². The lowest BCUT2D eigenvalue weighted by atomic mass is 10.2. The van der Waals surface area contributed by atoms with Gasteiger partial charge in [0.25, 0.3) is 0 Å². The molecular weight excluding hydrogens is 307 g/mol. The highest BCUT2D eigenvalue weighted by Crippen LogP contribution is 2.24. The van der Waals surface area contributed by atoms with Gasteiger partial charge in [0.2, 0.25) is 0 Å². The first-order chi connectivity index (χ1) is 7.43. The molecule has 0 radical (unpaired) electrons. The number of rotatable bonds is 2. The Bertz CT molecular complexity index is 464. The molecule has 0 aliphatic carbocycles. The maximum Gasteiger partial charge on any atom is 0.184 e. The Morgan fingerprint density at radius 3 is 2.62 bits per heavy atom. The molecule has 0 spiro atoms. The normalized spacial score (nSPS) is 10.8. The van der Waals surface area contributed by atoms with E-state index in [2.05, 4.69) is 38.7 Å². The molecule has 0 saturated heterocycles. The fourth-order valence-electron chi connectivity index (χ4n) is 0.851. The van der Waals surface area contributed by atoms with Gasteiger partial charge in [-0.05, 0) is 34.2 Å². The molecule has 1 aromatic rings. The Labute approximate surface area is 103 Å². The highest BCUT2D eigenvalue weighted by molar-refractivity contribution is 9.10. The average molecular weight is 312 g/mol. The Hall–Kier alpha value is -1.15. The zero-order valence-corrected chi connectivity index (χ0v) is 10.0. The first-order valence-corrected chi connectivity index (χ1v) is 5.05. The molecular formula is C8H5BrF3N3S. The molecule has 1 rings (SSSR count). The van der Waals surface area contributed by atoms with Gasteiger partial charge in [0.15, 0.2) is 16.7 Å². The molecule has 16 heavy (non-hydrogen) atoms. The van der Waals surface area contributed by atoms with Crippen LogP contribution < -0.4 is 11.2 Å². The number of thiocarbonyl (C=S) groups is 1. The molecule has 0 aliphatic rings. The van der Waals surface area contributed by atoms with E-state index in [4.69, 9.17) is 5.73 Å². The summed E-state index contributed by atoms with van der Waals surface area (Å²) in [6, 6.07) is 0.667. The lowest BCUT2D eigenvalue weighted by molar-refractivity contribution is 0.487. The van der Waals surface area contributed by atoms with Gasteiger partial charge in [0.05, 0.1) is 10.7 Å². The standard InChI is InChI=1S/C8H5BrF3N3S/c9-5-6(11)3(1-4(10)7(5)12)2-14-15-8(13)16/h1-2H,(H3,13,15,16). The molecule has 0 aliphatic heterocycles. The van der Waals surface area contributed by atoms with Crippen molar-refractivity contribution in [1.82, 2.24) is 5.43 Å². The molecule has 3 N–H and O–H groups in total. The molecule has 0 heterocycles. The first kappa shape index (κ1) is 12.9. The third kappa shape index (κ3) is 2.92. The van der Waals surface area contributed by atoms with Gasteiger partial charge in [-0.3, -0.25) is 5.43 Å². The number of nitrogens with zero attached hydrogens (tertiary/aromatic N) is 1. The third-order valence-electron chi connectivity index (χ3n) is 1.51. The molecule has 0 unspecified atom stereocenters. The zero-order chi connectivity index (χ0) is 12.3. The van der Waals surface area contributed by atoms with Crippen LogP contribution >= 0.6 is 28.1 Å². The minimum atomic E-state index is -1.29. The third-order valence-corrected chi connectivity index (χ3v) is 2.30. The number of hydrogen-bond acceptors (Lipinski definition) is 2. The highest BCUT2D eigenvalue weighted by Gasteiger charge is 2.15. The van der Waals surface area contributed by atoms with Crippen LogP contribution in [0.3, 0.4) is 0 Å². The Morgan fingerprint density at radius 1 is 1.44 bits per heavy atom. The Morgan fingerprint density at radius 2 is 2.06 bits per heavy atom. The SMILES string of the molecule is NC(=S)NN=Cc1cc(F)c(F)c(Br)c1F. The maximum absolute atomic E-state index is 13.3. The van der Waals surface area contributed by atoms with E-state index < -0.39 is 21.9 Å². The minimum Gasteiger partial charge on any atom is -0.375 e. The van der Waals surface area contributed by atoms with Crippen LogP contribution in [0.2, 0.25) is 0 Å². The van der Waals surface area contributed by atoms with Crippen LogP contribution in [-0.2, 0) is 0 Å². The van der Waals surface area contributed by atoms with Crippen molar-refractivity contribution in [3.8, 4) is 0 Å². The summed E-state index contributed by atoms with van der Waals surface area (Å²) in [6.45, 7) is 0. The maximum atomic E-state index is 13.3. The van der Waals surface area contributed by atoms with Crippen LogP contribution in [0, 0.1) is 17.5 Å². The van der Waals surface area contributed by atoms with E-state index in [0.29, 0.717) is 6.07 Å². The highest BCUT2D eigenvalue weighted by atomic mass is 79.9. The summed E-state index contributed by atoms with van der Waals surface area (Å²) in [4.78, 5) is 0. The summed E-state index contributed by atoms with van der Waals surface area (Å²) in [5.74, 6) is -3.45. The van der Waals surface area contributed by atoms with E-state index in [1.165, 1.54) is 0 Å². The summed E-state index contributed by atoms with van der Waals surface area (Å²) in [5, 5.41) is 3.30. The summed E-state index contributed by atoms with van der Waals surface area (Å²) >= 11 is 7.01. The molecule has 86 valence electrons. The van der Waals surface area contributed by atoms with Crippen molar-refractivity contribution in [1.29, 1.82) is 0 Å². The number of benzene rings is 1. The predicted molar refractivity (Wildman–Crippen MR) is 61.5 cm³/mol. The summed E-state index contributed by atoms with van der Waals surface area (Å²) in [7, 11) is 0. The van der Waals surface area contributed by atoms with E-state index in [0.717, 1.165) is 6.21 Å².